The van der Waals surface area contributed by atoms with Crippen LogP contribution in [0.2, 0.25) is 0 Å². The normalized spacial score (nSPS) is 18.2. The van der Waals surface area contributed by atoms with Crippen molar-refractivity contribution < 1.29 is 8.42 Å². The number of hydrogen-bond donors (Lipinski definition) is 2. The van der Waals surface area contributed by atoms with Gasteiger partial charge in [-0.25, -0.2) is 12.7 Å². The van der Waals surface area contributed by atoms with Gasteiger partial charge in [0.15, 0.2) is 5.96 Å². The van der Waals surface area contributed by atoms with Crippen LogP contribution in [0.25, 0.3) is 0 Å². The highest BCUT2D eigenvalue weighted by molar-refractivity contribution is 14.0. The zero-order valence-corrected chi connectivity index (χ0v) is 19.7. The molecule has 0 amide bonds. The molecule has 0 aromatic carbocycles. The fourth-order valence-corrected chi connectivity index (χ4v) is 5.30. The molecule has 0 spiro atoms. The molecule has 0 bridgehead atoms. The average Bonchev–Trinajstić information content (AvgIpc) is 3.13. The van der Waals surface area contributed by atoms with Crippen LogP contribution in [0, 0.1) is 0 Å². The fourth-order valence-electron chi connectivity index (χ4n) is 2.98. The van der Waals surface area contributed by atoms with Gasteiger partial charge >= 0.3 is 0 Å². The van der Waals surface area contributed by atoms with Gasteiger partial charge in [0.25, 0.3) is 0 Å². The third-order valence-corrected chi connectivity index (χ3v) is 7.66. The van der Waals surface area contributed by atoms with E-state index >= 15 is 0 Å². The largest absolute Gasteiger partial charge is 0.356 e. The van der Waals surface area contributed by atoms with Crippen molar-refractivity contribution in [3.63, 3.8) is 0 Å². The summed E-state index contributed by atoms with van der Waals surface area (Å²) in [6, 6.07) is 4.49. The highest BCUT2D eigenvalue weighted by Gasteiger charge is 2.27. The van der Waals surface area contributed by atoms with Gasteiger partial charge in [0, 0.05) is 43.5 Å². The quantitative estimate of drug-likeness (QED) is 0.334. The van der Waals surface area contributed by atoms with Crippen LogP contribution in [-0.4, -0.2) is 57.2 Å². The Balaban J connectivity index is 0.00000338. The maximum atomic E-state index is 12.1. The van der Waals surface area contributed by atoms with Crippen molar-refractivity contribution >= 4 is 51.3 Å². The fraction of sp³-hybridized carbons (Fsp3) is 0.706. The molecule has 9 heteroatoms. The number of hydrogen-bond acceptors (Lipinski definition) is 4. The van der Waals surface area contributed by atoms with Crippen molar-refractivity contribution in [3.05, 3.63) is 22.4 Å². The van der Waals surface area contributed by atoms with Crippen molar-refractivity contribution in [3.8, 4) is 0 Å². The van der Waals surface area contributed by atoms with Gasteiger partial charge in [-0.2, -0.15) is 0 Å². The van der Waals surface area contributed by atoms with Gasteiger partial charge < -0.3 is 10.6 Å². The lowest BCUT2D eigenvalue weighted by Gasteiger charge is -2.32. The van der Waals surface area contributed by atoms with E-state index in [2.05, 4.69) is 40.1 Å². The van der Waals surface area contributed by atoms with E-state index in [0.717, 1.165) is 25.3 Å². The zero-order valence-electron chi connectivity index (χ0n) is 15.8. The summed E-state index contributed by atoms with van der Waals surface area (Å²) in [5, 5.41) is 8.91. The number of halogens is 1. The first-order chi connectivity index (χ1) is 12.0. The number of sulfonamides is 1. The third-order valence-electron chi connectivity index (χ3n) is 4.48. The van der Waals surface area contributed by atoms with Crippen LogP contribution in [0.15, 0.2) is 22.5 Å². The molecule has 26 heavy (non-hydrogen) atoms. The molecule has 6 nitrogen and oxygen atoms in total. The van der Waals surface area contributed by atoms with Gasteiger partial charge in [-0.05, 0) is 30.7 Å². The number of guanidine groups is 1. The van der Waals surface area contributed by atoms with E-state index in [9.17, 15) is 8.42 Å². The highest BCUT2D eigenvalue weighted by Crippen LogP contribution is 2.19. The predicted molar refractivity (Wildman–Crippen MR) is 121 cm³/mol. The van der Waals surface area contributed by atoms with Gasteiger partial charge in [-0.15, -0.1) is 35.3 Å². The van der Waals surface area contributed by atoms with Gasteiger partial charge in [-0.1, -0.05) is 19.9 Å². The molecule has 1 saturated heterocycles. The smallest absolute Gasteiger partial charge is 0.214 e. The molecule has 1 unspecified atom stereocenters. The molecule has 1 aliphatic rings. The molecule has 1 atom stereocenters. The SMILES string of the molecule is CCCS(=O)(=O)N1CCC(NC(=NC)NCC(C)c2cccs2)CC1.I. The second kappa shape index (κ2) is 11.5. The topological polar surface area (TPSA) is 73.8 Å². The summed E-state index contributed by atoms with van der Waals surface area (Å²) < 4.78 is 25.9. The first kappa shape index (κ1) is 23.6. The molecule has 1 aromatic rings. The Labute approximate surface area is 178 Å². The lowest BCUT2D eigenvalue weighted by atomic mass is 10.1. The standard InChI is InChI=1S/C17H30N4O2S2.HI/c1-4-12-25(22,23)21-9-7-15(8-10-21)20-17(18-3)19-13-14(2)16-6-5-11-24-16;/h5-6,11,14-15H,4,7-10,12-13H2,1-3H3,(H2,18,19,20);1H. The van der Waals surface area contributed by atoms with Gasteiger partial charge in [0.05, 0.1) is 5.75 Å². The molecule has 150 valence electrons. The average molecular weight is 514 g/mol. The summed E-state index contributed by atoms with van der Waals surface area (Å²) in [5.74, 6) is 1.47. The molecule has 2 heterocycles. The number of nitrogens with one attached hydrogen (secondary N) is 2. The zero-order chi connectivity index (χ0) is 18.3. The van der Waals surface area contributed by atoms with Crippen molar-refractivity contribution in [2.45, 2.75) is 45.1 Å². The minimum absolute atomic E-state index is 0. The van der Waals surface area contributed by atoms with E-state index in [1.165, 1.54) is 4.88 Å². The summed E-state index contributed by atoms with van der Waals surface area (Å²) in [6.07, 6.45) is 2.29. The molecule has 0 radical (unpaired) electrons. The van der Waals surface area contributed by atoms with E-state index in [1.807, 2.05) is 6.92 Å². The van der Waals surface area contributed by atoms with E-state index in [4.69, 9.17) is 0 Å². The number of nitrogens with zero attached hydrogens (tertiary/aromatic N) is 2. The van der Waals surface area contributed by atoms with E-state index in [-0.39, 0.29) is 35.8 Å². The molecule has 2 N–H and O–H groups in total. The maximum Gasteiger partial charge on any atom is 0.214 e. The van der Waals surface area contributed by atoms with E-state index < -0.39 is 10.0 Å². The molecule has 1 fully saturated rings. The van der Waals surface area contributed by atoms with E-state index in [1.54, 1.807) is 22.7 Å². The molecule has 0 aliphatic carbocycles. The predicted octanol–water partition coefficient (Wildman–Crippen LogP) is 2.84. The molecular formula is C17H31IN4O2S2. The van der Waals surface area contributed by atoms with Gasteiger partial charge in [0.1, 0.15) is 0 Å². The lowest BCUT2D eigenvalue weighted by molar-refractivity contribution is 0.306. The minimum atomic E-state index is -3.08. The van der Waals surface area contributed by atoms with Crippen LogP contribution >= 0.6 is 35.3 Å². The number of aliphatic imine (C=N–C) groups is 1. The van der Waals surface area contributed by atoms with E-state index in [0.29, 0.717) is 25.4 Å². The summed E-state index contributed by atoms with van der Waals surface area (Å²) in [4.78, 5) is 5.66. The summed E-state index contributed by atoms with van der Waals surface area (Å²) in [6.45, 7) is 6.09. The Hall–Kier alpha value is -0.390. The first-order valence-electron chi connectivity index (χ1n) is 8.94. The van der Waals surface area contributed by atoms with Crippen LogP contribution in [0.1, 0.15) is 43.9 Å². The number of thiophene rings is 1. The lowest BCUT2D eigenvalue weighted by Crippen LogP contribution is -2.50. The Morgan fingerprint density at radius 2 is 2.12 bits per heavy atom. The summed E-state index contributed by atoms with van der Waals surface area (Å²) >= 11 is 1.77. The molecule has 1 aromatic heterocycles. The second-order valence-corrected chi connectivity index (χ2v) is 9.57. The first-order valence-corrected chi connectivity index (χ1v) is 11.4. The van der Waals surface area contributed by atoms with Crippen molar-refractivity contribution in [1.82, 2.24) is 14.9 Å². The number of rotatable bonds is 7. The minimum Gasteiger partial charge on any atom is -0.356 e. The van der Waals surface area contributed by atoms with Crippen molar-refractivity contribution in [1.29, 1.82) is 0 Å². The highest BCUT2D eigenvalue weighted by atomic mass is 127. The third kappa shape index (κ3) is 6.97. The Morgan fingerprint density at radius 3 is 2.65 bits per heavy atom. The van der Waals surface area contributed by atoms with Crippen LogP contribution in [0.5, 0.6) is 0 Å². The molecular weight excluding hydrogens is 483 g/mol. The van der Waals surface area contributed by atoms with Gasteiger partial charge in [-0.3, -0.25) is 4.99 Å². The Kier molecular flexibility index (Phi) is 10.4. The van der Waals surface area contributed by atoms with Crippen LogP contribution in [0.3, 0.4) is 0 Å². The molecule has 0 saturated carbocycles. The number of piperidine rings is 1. The van der Waals surface area contributed by atoms with Crippen LogP contribution in [-0.2, 0) is 10.0 Å². The summed E-state index contributed by atoms with van der Waals surface area (Å²) in [7, 11) is -1.31. The summed E-state index contributed by atoms with van der Waals surface area (Å²) in [5.41, 5.74) is 0. The molecule has 1 aliphatic heterocycles. The van der Waals surface area contributed by atoms with Gasteiger partial charge in [0.2, 0.25) is 10.0 Å². The van der Waals surface area contributed by atoms with Crippen molar-refractivity contribution in [2.24, 2.45) is 4.99 Å². The van der Waals surface area contributed by atoms with Crippen molar-refractivity contribution in [2.75, 3.05) is 32.4 Å². The Morgan fingerprint density at radius 1 is 1.42 bits per heavy atom. The maximum absolute atomic E-state index is 12.1. The molecule has 2 rings (SSSR count). The van der Waals surface area contributed by atoms with Crippen LogP contribution in [0.4, 0.5) is 0 Å². The van der Waals surface area contributed by atoms with Crippen LogP contribution < -0.4 is 10.6 Å². The monoisotopic (exact) mass is 514 g/mol. The second-order valence-electron chi connectivity index (χ2n) is 6.50. The Bertz CT molecular complexity index is 642.